The van der Waals surface area contributed by atoms with Gasteiger partial charge in [0.2, 0.25) is 10.0 Å². The number of sulfonamides is 1. The minimum absolute atomic E-state index is 0.439. The third kappa shape index (κ3) is 3.89. The second-order valence-corrected chi connectivity index (χ2v) is 6.98. The van der Waals surface area contributed by atoms with E-state index < -0.39 is 32.6 Å². The van der Waals surface area contributed by atoms with Crippen molar-refractivity contribution in [2.24, 2.45) is 0 Å². The number of hydrogen-bond acceptors (Lipinski definition) is 3. The van der Waals surface area contributed by atoms with Crippen molar-refractivity contribution in [2.45, 2.75) is 10.9 Å². The first-order chi connectivity index (χ1) is 12.0. The number of aromatic nitrogens is 1. The van der Waals surface area contributed by atoms with Gasteiger partial charge in [0.15, 0.2) is 0 Å². The maximum atomic E-state index is 13.9. The molecule has 1 N–H and O–H groups in total. The van der Waals surface area contributed by atoms with Crippen molar-refractivity contribution in [3.05, 3.63) is 95.8 Å². The quantitative estimate of drug-likeness (QED) is 0.758. The van der Waals surface area contributed by atoms with Gasteiger partial charge >= 0.3 is 0 Å². The standard InChI is InChI=1S/C18H14F2N2O2S/c19-14-9-10-15(20)17(12-14)25(23,24)22-18(13-6-2-1-3-7-13)16-8-4-5-11-21-16/h1-12,18,22H. The van der Waals surface area contributed by atoms with Gasteiger partial charge in [-0.15, -0.1) is 0 Å². The van der Waals surface area contributed by atoms with Gasteiger partial charge in [-0.3, -0.25) is 4.98 Å². The summed E-state index contributed by atoms with van der Waals surface area (Å²) in [5.41, 5.74) is 1.07. The molecule has 0 saturated heterocycles. The first-order valence-electron chi connectivity index (χ1n) is 7.40. The molecule has 128 valence electrons. The largest absolute Gasteiger partial charge is 0.259 e. The van der Waals surface area contributed by atoms with E-state index in [1.807, 2.05) is 0 Å². The summed E-state index contributed by atoms with van der Waals surface area (Å²) in [4.78, 5) is 3.43. The van der Waals surface area contributed by atoms with E-state index in [9.17, 15) is 17.2 Å². The normalized spacial score (nSPS) is 12.7. The maximum Gasteiger partial charge on any atom is 0.244 e. The van der Waals surface area contributed by atoms with Crippen molar-refractivity contribution >= 4 is 10.0 Å². The molecule has 0 aliphatic carbocycles. The molecule has 3 rings (SSSR count). The minimum atomic E-state index is -4.31. The molecule has 25 heavy (non-hydrogen) atoms. The molecule has 0 radical (unpaired) electrons. The molecule has 0 aliphatic rings. The monoisotopic (exact) mass is 360 g/mol. The summed E-state index contributed by atoms with van der Waals surface area (Å²) in [6, 6.07) is 15.3. The third-order valence-electron chi connectivity index (χ3n) is 3.57. The summed E-state index contributed by atoms with van der Waals surface area (Å²) in [6.07, 6.45) is 1.53. The number of pyridine rings is 1. The fourth-order valence-electron chi connectivity index (χ4n) is 2.39. The SMILES string of the molecule is O=S(=O)(NC(c1ccccc1)c1ccccn1)c1cc(F)ccc1F. The number of rotatable bonds is 5. The van der Waals surface area contributed by atoms with Crippen LogP contribution in [0.15, 0.2) is 77.8 Å². The predicted molar refractivity (Wildman–Crippen MR) is 89.2 cm³/mol. The molecule has 1 heterocycles. The predicted octanol–water partition coefficient (Wildman–Crippen LogP) is 3.43. The Bertz CT molecular complexity index is 925. The summed E-state index contributed by atoms with van der Waals surface area (Å²) < 4.78 is 55.0. The van der Waals surface area contributed by atoms with Gasteiger partial charge in [0.05, 0.1) is 11.7 Å². The van der Waals surface area contributed by atoms with Gasteiger partial charge in [0, 0.05) is 6.20 Å². The molecular weight excluding hydrogens is 346 g/mol. The van der Waals surface area contributed by atoms with E-state index in [0.29, 0.717) is 17.3 Å². The van der Waals surface area contributed by atoms with Crippen LogP contribution in [0.2, 0.25) is 0 Å². The lowest BCUT2D eigenvalue weighted by Crippen LogP contribution is -2.30. The summed E-state index contributed by atoms with van der Waals surface area (Å²) in [5.74, 6) is -1.86. The van der Waals surface area contributed by atoms with Crippen LogP contribution in [0.1, 0.15) is 17.3 Å². The number of nitrogens with one attached hydrogen (secondary N) is 1. The van der Waals surface area contributed by atoms with Gasteiger partial charge in [-0.05, 0) is 35.9 Å². The van der Waals surface area contributed by atoms with Gasteiger partial charge in [0.25, 0.3) is 0 Å². The van der Waals surface area contributed by atoms with Gasteiger partial charge < -0.3 is 0 Å². The molecule has 1 aromatic heterocycles. The zero-order valence-corrected chi connectivity index (χ0v) is 13.7. The van der Waals surface area contributed by atoms with Crippen molar-refractivity contribution in [3.8, 4) is 0 Å². The van der Waals surface area contributed by atoms with E-state index in [2.05, 4.69) is 9.71 Å². The fourth-order valence-corrected chi connectivity index (χ4v) is 3.68. The summed E-state index contributed by atoms with van der Waals surface area (Å²) in [5, 5.41) is 0. The molecule has 0 bridgehead atoms. The van der Waals surface area contributed by atoms with Crippen LogP contribution in [0, 0.1) is 11.6 Å². The van der Waals surface area contributed by atoms with Crippen LogP contribution in [0.3, 0.4) is 0 Å². The molecule has 1 atom stereocenters. The van der Waals surface area contributed by atoms with E-state index in [1.54, 1.807) is 48.5 Å². The Hall–Kier alpha value is -2.64. The topological polar surface area (TPSA) is 59.1 Å². The summed E-state index contributed by atoms with van der Waals surface area (Å²) >= 11 is 0. The first kappa shape index (κ1) is 17.2. The Balaban J connectivity index is 2.05. The second kappa shape index (κ2) is 7.08. The Kier molecular flexibility index (Phi) is 4.87. The van der Waals surface area contributed by atoms with Gasteiger partial charge in [-0.25, -0.2) is 17.2 Å². The van der Waals surface area contributed by atoms with E-state index in [4.69, 9.17) is 0 Å². The molecule has 0 fully saturated rings. The summed E-state index contributed by atoms with van der Waals surface area (Å²) in [7, 11) is -4.31. The molecule has 0 saturated carbocycles. The highest BCUT2D eigenvalue weighted by Gasteiger charge is 2.26. The van der Waals surface area contributed by atoms with Crippen LogP contribution < -0.4 is 4.72 Å². The van der Waals surface area contributed by atoms with Crippen molar-refractivity contribution in [1.82, 2.24) is 9.71 Å². The molecule has 1 unspecified atom stereocenters. The van der Waals surface area contributed by atoms with E-state index >= 15 is 0 Å². The Morgan fingerprint density at radius 3 is 2.32 bits per heavy atom. The lowest BCUT2D eigenvalue weighted by atomic mass is 10.0. The molecule has 0 spiro atoms. The Morgan fingerprint density at radius 2 is 1.64 bits per heavy atom. The van der Waals surface area contributed by atoms with Gasteiger partial charge in [0.1, 0.15) is 16.5 Å². The average molecular weight is 360 g/mol. The molecule has 3 aromatic rings. The molecule has 0 amide bonds. The molecular formula is C18H14F2N2O2S. The van der Waals surface area contributed by atoms with Crippen LogP contribution in [-0.4, -0.2) is 13.4 Å². The lowest BCUT2D eigenvalue weighted by Gasteiger charge is -2.19. The third-order valence-corrected chi connectivity index (χ3v) is 5.01. The fraction of sp³-hybridized carbons (Fsp3) is 0.0556. The van der Waals surface area contributed by atoms with E-state index in [0.717, 1.165) is 12.1 Å². The molecule has 7 heteroatoms. The Morgan fingerprint density at radius 1 is 0.920 bits per heavy atom. The van der Waals surface area contributed by atoms with Crippen LogP contribution >= 0.6 is 0 Å². The molecule has 2 aromatic carbocycles. The first-order valence-corrected chi connectivity index (χ1v) is 8.89. The van der Waals surface area contributed by atoms with Crippen LogP contribution in [0.25, 0.3) is 0 Å². The van der Waals surface area contributed by atoms with Crippen molar-refractivity contribution in [3.63, 3.8) is 0 Å². The molecule has 4 nitrogen and oxygen atoms in total. The van der Waals surface area contributed by atoms with Gasteiger partial charge in [-0.2, -0.15) is 4.72 Å². The van der Waals surface area contributed by atoms with Crippen molar-refractivity contribution in [2.75, 3.05) is 0 Å². The highest BCUT2D eigenvalue weighted by Crippen LogP contribution is 2.24. The minimum Gasteiger partial charge on any atom is -0.259 e. The second-order valence-electron chi connectivity index (χ2n) is 5.29. The number of hydrogen-bond donors (Lipinski definition) is 1. The van der Waals surface area contributed by atoms with Crippen LogP contribution in [0.5, 0.6) is 0 Å². The van der Waals surface area contributed by atoms with Gasteiger partial charge in [-0.1, -0.05) is 36.4 Å². The van der Waals surface area contributed by atoms with Crippen LogP contribution in [-0.2, 0) is 10.0 Å². The number of nitrogens with zero attached hydrogens (tertiary/aromatic N) is 1. The van der Waals surface area contributed by atoms with E-state index in [-0.39, 0.29) is 0 Å². The number of halogens is 2. The zero-order chi connectivity index (χ0) is 17.9. The Labute approximate surface area is 144 Å². The van der Waals surface area contributed by atoms with Crippen LogP contribution in [0.4, 0.5) is 8.78 Å². The zero-order valence-electron chi connectivity index (χ0n) is 12.9. The van der Waals surface area contributed by atoms with Crippen molar-refractivity contribution < 1.29 is 17.2 Å². The number of benzene rings is 2. The smallest absolute Gasteiger partial charge is 0.244 e. The molecule has 0 aliphatic heterocycles. The lowest BCUT2D eigenvalue weighted by molar-refractivity contribution is 0.540. The average Bonchev–Trinajstić information content (AvgIpc) is 2.63. The highest BCUT2D eigenvalue weighted by atomic mass is 32.2. The highest BCUT2D eigenvalue weighted by molar-refractivity contribution is 7.89. The van der Waals surface area contributed by atoms with Crippen molar-refractivity contribution in [1.29, 1.82) is 0 Å². The summed E-state index contributed by atoms with van der Waals surface area (Å²) in [6.45, 7) is 0. The maximum absolute atomic E-state index is 13.9. The van der Waals surface area contributed by atoms with E-state index in [1.165, 1.54) is 6.20 Å².